The molecule has 1 atom stereocenters. The summed E-state index contributed by atoms with van der Waals surface area (Å²) < 4.78 is 7.39. The van der Waals surface area contributed by atoms with Gasteiger partial charge < -0.3 is 4.74 Å². The number of hydrogen-bond donors (Lipinski definition) is 0. The molecule has 8 heteroatoms. The smallest absolute Gasteiger partial charge is 0.257 e. The Morgan fingerprint density at radius 2 is 1.81 bits per heavy atom. The maximum absolute atomic E-state index is 13.7. The molecular weight excluding hydrogens is 482 g/mol. The van der Waals surface area contributed by atoms with Crippen molar-refractivity contribution in [2.45, 2.75) is 19.4 Å². The number of aryl methyl sites for hydroxylation is 1. The van der Waals surface area contributed by atoms with Gasteiger partial charge in [0.05, 0.1) is 47.8 Å². The Labute approximate surface area is 220 Å². The first kappa shape index (κ1) is 23.8. The molecule has 2 aliphatic heterocycles. The summed E-state index contributed by atoms with van der Waals surface area (Å²) in [7, 11) is 0. The highest BCUT2D eigenvalue weighted by Crippen LogP contribution is 2.39. The van der Waals surface area contributed by atoms with Gasteiger partial charge in [-0.15, -0.1) is 11.3 Å². The highest BCUT2D eigenvalue weighted by Gasteiger charge is 2.37. The first-order valence-electron chi connectivity index (χ1n) is 12.6. The minimum atomic E-state index is -0.237. The second-order valence-electron chi connectivity index (χ2n) is 9.45. The van der Waals surface area contributed by atoms with Crippen LogP contribution in [0.25, 0.3) is 16.9 Å². The summed E-state index contributed by atoms with van der Waals surface area (Å²) in [4.78, 5) is 16.9. The quantitative estimate of drug-likeness (QED) is 0.369. The number of ether oxygens (including phenoxy) is 1. The van der Waals surface area contributed by atoms with Crippen molar-refractivity contribution in [3.8, 4) is 16.9 Å². The van der Waals surface area contributed by atoms with Gasteiger partial charge in [-0.25, -0.2) is 9.69 Å². The van der Waals surface area contributed by atoms with Gasteiger partial charge >= 0.3 is 0 Å². The van der Waals surface area contributed by atoms with Crippen LogP contribution in [0, 0.1) is 6.92 Å². The molecule has 2 aromatic carbocycles. The number of hydrazone groups is 1. The van der Waals surface area contributed by atoms with E-state index >= 15 is 0 Å². The van der Waals surface area contributed by atoms with Gasteiger partial charge in [-0.2, -0.15) is 10.2 Å². The lowest BCUT2D eigenvalue weighted by Crippen LogP contribution is -2.43. The molecule has 4 aromatic rings. The fourth-order valence-electron chi connectivity index (χ4n) is 4.88. The van der Waals surface area contributed by atoms with Crippen molar-refractivity contribution in [3.63, 3.8) is 0 Å². The average molecular weight is 512 g/mol. The summed E-state index contributed by atoms with van der Waals surface area (Å²) in [5.41, 5.74) is 6.02. The zero-order valence-electron chi connectivity index (χ0n) is 20.8. The third-order valence-electron chi connectivity index (χ3n) is 6.88. The number of carbonyl (C=O) groups is 1. The van der Waals surface area contributed by atoms with E-state index in [-0.39, 0.29) is 11.9 Å². The minimum absolute atomic E-state index is 0.000716. The number of hydrogen-bond acceptors (Lipinski definition) is 6. The molecule has 1 unspecified atom stereocenters. The van der Waals surface area contributed by atoms with Crippen molar-refractivity contribution in [2.75, 3.05) is 32.8 Å². The molecule has 1 amide bonds. The highest BCUT2D eigenvalue weighted by atomic mass is 32.1. The van der Waals surface area contributed by atoms with Gasteiger partial charge in [0, 0.05) is 36.8 Å². The molecular formula is C29H29N5O2S. The van der Waals surface area contributed by atoms with E-state index in [1.165, 1.54) is 5.56 Å². The number of morpholine rings is 1. The Kier molecular flexibility index (Phi) is 6.70. The van der Waals surface area contributed by atoms with Crippen LogP contribution in [-0.2, 0) is 9.53 Å². The molecule has 0 aliphatic carbocycles. The SMILES string of the molecule is Cc1ccc(-c2nn(-c3ccccc3)cc2C2CC(c3cccs3)=NN2C(=O)CN2CCOCC2)cc1. The number of aromatic nitrogens is 2. The molecule has 0 bridgehead atoms. The number of carbonyl (C=O) groups excluding carboxylic acids is 1. The molecule has 2 aliphatic rings. The van der Waals surface area contributed by atoms with E-state index < -0.39 is 0 Å². The molecule has 7 nitrogen and oxygen atoms in total. The summed E-state index contributed by atoms with van der Waals surface area (Å²) in [6.07, 6.45) is 2.71. The molecule has 4 heterocycles. The van der Waals surface area contributed by atoms with E-state index in [1.54, 1.807) is 16.3 Å². The van der Waals surface area contributed by atoms with E-state index in [0.29, 0.717) is 26.2 Å². The second kappa shape index (κ2) is 10.4. The number of thiophene rings is 1. The summed E-state index contributed by atoms with van der Waals surface area (Å²) in [5, 5.41) is 13.7. The molecule has 0 spiro atoms. The first-order valence-corrected chi connectivity index (χ1v) is 13.5. The normalized spacial score (nSPS) is 18.2. The Balaban J connectivity index is 1.41. The molecule has 1 saturated heterocycles. The molecule has 0 saturated carbocycles. The lowest BCUT2D eigenvalue weighted by Gasteiger charge is -2.29. The van der Waals surface area contributed by atoms with Crippen LogP contribution >= 0.6 is 11.3 Å². The number of nitrogens with zero attached hydrogens (tertiary/aromatic N) is 5. The number of benzene rings is 2. The zero-order chi connectivity index (χ0) is 25.2. The zero-order valence-corrected chi connectivity index (χ0v) is 21.6. The van der Waals surface area contributed by atoms with Gasteiger partial charge in [0.15, 0.2) is 0 Å². The predicted molar refractivity (Wildman–Crippen MR) is 146 cm³/mol. The standard InChI is InChI=1S/C29H29N5O2S/c1-21-9-11-22(12-10-21)29-24(19-33(31-29)23-6-3-2-4-7-23)26-18-25(27-8-5-17-37-27)30-34(26)28(35)20-32-13-15-36-16-14-32/h2-12,17,19,26H,13-16,18,20H2,1H3. The van der Waals surface area contributed by atoms with Crippen LogP contribution in [0.3, 0.4) is 0 Å². The summed E-state index contributed by atoms with van der Waals surface area (Å²) in [5.74, 6) is 0.000716. The summed E-state index contributed by atoms with van der Waals surface area (Å²) in [6, 6.07) is 22.4. The van der Waals surface area contributed by atoms with Crippen molar-refractivity contribution >= 4 is 23.0 Å². The van der Waals surface area contributed by atoms with E-state index in [4.69, 9.17) is 14.9 Å². The molecule has 188 valence electrons. The Bertz CT molecular complexity index is 1390. The highest BCUT2D eigenvalue weighted by molar-refractivity contribution is 7.12. The van der Waals surface area contributed by atoms with Crippen molar-refractivity contribution in [3.05, 3.63) is 94.3 Å². The summed E-state index contributed by atoms with van der Waals surface area (Å²) >= 11 is 1.65. The van der Waals surface area contributed by atoms with E-state index in [2.05, 4.69) is 53.7 Å². The monoisotopic (exact) mass is 511 g/mol. The summed E-state index contributed by atoms with van der Waals surface area (Å²) in [6.45, 7) is 5.23. The molecule has 1 fully saturated rings. The first-order chi connectivity index (χ1) is 18.2. The van der Waals surface area contributed by atoms with Crippen molar-refractivity contribution in [1.82, 2.24) is 19.7 Å². The van der Waals surface area contributed by atoms with Crippen LogP contribution < -0.4 is 0 Å². The molecule has 2 aromatic heterocycles. The third-order valence-corrected chi connectivity index (χ3v) is 7.80. The fraction of sp³-hybridized carbons (Fsp3) is 0.276. The fourth-order valence-corrected chi connectivity index (χ4v) is 5.60. The van der Waals surface area contributed by atoms with Crippen LogP contribution in [-0.4, -0.2) is 64.2 Å². The van der Waals surface area contributed by atoms with E-state index in [0.717, 1.165) is 46.2 Å². The van der Waals surface area contributed by atoms with E-state index in [9.17, 15) is 4.79 Å². The Morgan fingerprint density at radius 1 is 1.03 bits per heavy atom. The van der Waals surface area contributed by atoms with Gasteiger partial charge in [0.1, 0.15) is 0 Å². The largest absolute Gasteiger partial charge is 0.379 e. The van der Waals surface area contributed by atoms with Crippen molar-refractivity contribution in [1.29, 1.82) is 0 Å². The Morgan fingerprint density at radius 3 is 2.54 bits per heavy atom. The lowest BCUT2D eigenvalue weighted by atomic mass is 9.98. The minimum Gasteiger partial charge on any atom is -0.379 e. The number of rotatable bonds is 6. The average Bonchev–Trinajstić information content (AvgIpc) is 3.70. The van der Waals surface area contributed by atoms with Crippen LogP contribution in [0.2, 0.25) is 0 Å². The lowest BCUT2D eigenvalue weighted by molar-refractivity contribution is -0.135. The van der Waals surface area contributed by atoms with Crippen LogP contribution in [0.4, 0.5) is 0 Å². The van der Waals surface area contributed by atoms with Gasteiger partial charge in [-0.1, -0.05) is 54.1 Å². The van der Waals surface area contributed by atoms with Crippen molar-refractivity contribution < 1.29 is 9.53 Å². The van der Waals surface area contributed by atoms with Gasteiger partial charge in [-0.3, -0.25) is 9.69 Å². The topological polar surface area (TPSA) is 63.0 Å². The Hall–Kier alpha value is -3.59. The molecule has 37 heavy (non-hydrogen) atoms. The third kappa shape index (κ3) is 5.00. The number of amides is 1. The molecule has 0 N–H and O–H groups in total. The second-order valence-corrected chi connectivity index (χ2v) is 10.4. The van der Waals surface area contributed by atoms with Gasteiger partial charge in [0.25, 0.3) is 5.91 Å². The maximum Gasteiger partial charge on any atom is 0.257 e. The van der Waals surface area contributed by atoms with Gasteiger partial charge in [0.2, 0.25) is 0 Å². The maximum atomic E-state index is 13.7. The van der Waals surface area contributed by atoms with Crippen molar-refractivity contribution in [2.24, 2.45) is 5.10 Å². The van der Waals surface area contributed by atoms with Crippen LogP contribution in [0.1, 0.15) is 28.5 Å². The van der Waals surface area contributed by atoms with Crippen LogP contribution in [0.15, 0.2) is 83.4 Å². The molecule has 0 radical (unpaired) electrons. The molecule has 6 rings (SSSR count). The van der Waals surface area contributed by atoms with Crippen LogP contribution in [0.5, 0.6) is 0 Å². The van der Waals surface area contributed by atoms with E-state index in [1.807, 2.05) is 41.1 Å². The number of para-hydroxylation sites is 1. The predicted octanol–water partition coefficient (Wildman–Crippen LogP) is 4.92. The van der Waals surface area contributed by atoms with Gasteiger partial charge in [-0.05, 0) is 30.5 Å².